The van der Waals surface area contributed by atoms with Crippen molar-refractivity contribution in [2.24, 2.45) is 5.92 Å². The van der Waals surface area contributed by atoms with Crippen LogP contribution in [0.4, 0.5) is 4.79 Å². The summed E-state index contributed by atoms with van der Waals surface area (Å²) >= 11 is 0. The molecule has 1 aromatic heterocycles. The first-order valence-electron chi connectivity index (χ1n) is 7.51. The van der Waals surface area contributed by atoms with E-state index in [1.165, 1.54) is 0 Å². The highest BCUT2D eigenvalue weighted by atomic mass is 16.6. The first-order chi connectivity index (χ1) is 10.2. The maximum Gasteiger partial charge on any atom is 0.410 e. The van der Waals surface area contributed by atoms with Crippen molar-refractivity contribution in [1.82, 2.24) is 20.0 Å². The smallest absolute Gasteiger partial charge is 0.410 e. The van der Waals surface area contributed by atoms with Gasteiger partial charge in [-0.3, -0.25) is 0 Å². The molecule has 1 atom stereocenters. The highest BCUT2D eigenvalue weighted by molar-refractivity contribution is 5.67. The van der Waals surface area contributed by atoms with Gasteiger partial charge in [0.2, 0.25) is 0 Å². The van der Waals surface area contributed by atoms with Crippen molar-refractivity contribution in [1.29, 1.82) is 0 Å². The second-order valence-corrected chi connectivity index (χ2v) is 6.61. The molecule has 1 rings (SSSR count). The van der Waals surface area contributed by atoms with Crippen molar-refractivity contribution in [3.05, 3.63) is 24.5 Å². The summed E-state index contributed by atoms with van der Waals surface area (Å²) < 4.78 is 7.01. The first kappa shape index (κ1) is 18.2. The second-order valence-electron chi connectivity index (χ2n) is 6.61. The van der Waals surface area contributed by atoms with Crippen LogP contribution in [0.25, 0.3) is 6.20 Å². The van der Waals surface area contributed by atoms with Gasteiger partial charge < -0.3 is 15.0 Å². The van der Waals surface area contributed by atoms with Crippen molar-refractivity contribution >= 4 is 12.3 Å². The average molecular weight is 308 g/mol. The molecule has 0 aliphatic rings. The largest absolute Gasteiger partial charge is 0.444 e. The SMILES string of the molecule is C=Cn1cc(CNCC(C)CN(C)C(=O)OC(C)(C)C)cn1. The molecule has 6 heteroatoms. The summed E-state index contributed by atoms with van der Waals surface area (Å²) in [6, 6.07) is 0. The fourth-order valence-corrected chi connectivity index (χ4v) is 1.98. The molecule has 0 fully saturated rings. The van der Waals surface area contributed by atoms with Gasteiger partial charge >= 0.3 is 6.09 Å². The summed E-state index contributed by atoms with van der Waals surface area (Å²) in [6.45, 7) is 13.6. The van der Waals surface area contributed by atoms with E-state index >= 15 is 0 Å². The minimum atomic E-state index is -0.460. The molecule has 1 heterocycles. The summed E-state index contributed by atoms with van der Waals surface area (Å²) in [5, 5.41) is 7.49. The fraction of sp³-hybridized carbons (Fsp3) is 0.625. The molecule has 124 valence electrons. The number of ether oxygens (including phenoxy) is 1. The summed E-state index contributed by atoms with van der Waals surface area (Å²) in [7, 11) is 1.76. The molecule has 0 saturated heterocycles. The Hall–Kier alpha value is -1.82. The van der Waals surface area contributed by atoms with E-state index in [2.05, 4.69) is 23.9 Å². The van der Waals surface area contributed by atoms with E-state index in [1.54, 1.807) is 22.8 Å². The predicted octanol–water partition coefficient (Wildman–Crippen LogP) is 2.58. The molecule has 0 aliphatic carbocycles. The van der Waals surface area contributed by atoms with E-state index in [1.807, 2.05) is 33.2 Å². The zero-order valence-corrected chi connectivity index (χ0v) is 14.3. The van der Waals surface area contributed by atoms with E-state index < -0.39 is 5.60 Å². The molecular formula is C16H28N4O2. The molecule has 1 aromatic rings. The standard InChI is InChI=1S/C16H28N4O2/c1-7-20-12-14(10-18-20)9-17-8-13(2)11-19(6)15(21)22-16(3,4)5/h7,10,12-13,17H,1,8-9,11H2,2-6H3. The number of amides is 1. The molecule has 0 saturated carbocycles. The Kier molecular flexibility index (Phi) is 6.61. The number of hydrogen-bond acceptors (Lipinski definition) is 4. The zero-order valence-electron chi connectivity index (χ0n) is 14.3. The van der Waals surface area contributed by atoms with Gasteiger partial charge in [-0.25, -0.2) is 9.48 Å². The molecule has 6 nitrogen and oxygen atoms in total. The Morgan fingerprint density at radius 1 is 1.59 bits per heavy atom. The van der Waals surface area contributed by atoms with Crippen molar-refractivity contribution in [3.8, 4) is 0 Å². The Labute approximate surface area is 133 Å². The lowest BCUT2D eigenvalue weighted by Crippen LogP contribution is -2.38. The van der Waals surface area contributed by atoms with Gasteiger partial charge in [0.05, 0.1) is 6.20 Å². The van der Waals surface area contributed by atoms with Crippen LogP contribution < -0.4 is 5.32 Å². The third kappa shape index (κ3) is 6.76. The van der Waals surface area contributed by atoms with Crippen LogP contribution in [0, 0.1) is 5.92 Å². The summed E-state index contributed by atoms with van der Waals surface area (Å²) in [5.41, 5.74) is 0.644. The summed E-state index contributed by atoms with van der Waals surface area (Å²) in [5.74, 6) is 0.326. The number of nitrogens with one attached hydrogen (secondary N) is 1. The molecule has 1 unspecified atom stereocenters. The lowest BCUT2D eigenvalue weighted by atomic mass is 10.1. The third-order valence-electron chi connectivity index (χ3n) is 2.95. The van der Waals surface area contributed by atoms with Gasteiger partial charge in [0, 0.05) is 38.1 Å². The van der Waals surface area contributed by atoms with Crippen LogP contribution >= 0.6 is 0 Å². The van der Waals surface area contributed by atoms with Gasteiger partial charge in [-0.05, 0) is 33.2 Å². The quantitative estimate of drug-likeness (QED) is 0.841. The highest BCUT2D eigenvalue weighted by Crippen LogP contribution is 2.10. The van der Waals surface area contributed by atoms with Crippen LogP contribution in [0.1, 0.15) is 33.3 Å². The van der Waals surface area contributed by atoms with E-state index in [0.29, 0.717) is 12.5 Å². The number of rotatable bonds is 7. The monoisotopic (exact) mass is 308 g/mol. The topological polar surface area (TPSA) is 59.4 Å². The van der Waals surface area contributed by atoms with Gasteiger partial charge in [-0.1, -0.05) is 13.5 Å². The Morgan fingerprint density at radius 2 is 2.27 bits per heavy atom. The maximum atomic E-state index is 11.9. The van der Waals surface area contributed by atoms with Gasteiger partial charge in [0.25, 0.3) is 0 Å². The normalized spacial score (nSPS) is 12.8. The lowest BCUT2D eigenvalue weighted by molar-refractivity contribution is 0.0277. The Balaban J connectivity index is 2.28. The number of carbonyl (C=O) groups is 1. The second kappa shape index (κ2) is 7.98. The first-order valence-corrected chi connectivity index (χ1v) is 7.51. The van der Waals surface area contributed by atoms with E-state index in [4.69, 9.17) is 4.74 Å². The number of carbonyl (C=O) groups excluding carboxylic acids is 1. The predicted molar refractivity (Wildman–Crippen MR) is 88.3 cm³/mol. The van der Waals surface area contributed by atoms with E-state index in [-0.39, 0.29) is 6.09 Å². The van der Waals surface area contributed by atoms with Crippen molar-refractivity contribution in [2.45, 2.75) is 39.8 Å². The van der Waals surface area contributed by atoms with Crippen molar-refractivity contribution in [3.63, 3.8) is 0 Å². The molecule has 1 N–H and O–H groups in total. The van der Waals surface area contributed by atoms with Gasteiger partial charge in [0.1, 0.15) is 5.60 Å². The fourth-order valence-electron chi connectivity index (χ4n) is 1.98. The van der Waals surface area contributed by atoms with E-state index in [0.717, 1.165) is 18.7 Å². The van der Waals surface area contributed by atoms with Crippen LogP contribution in [0.15, 0.2) is 19.0 Å². The molecule has 0 aliphatic heterocycles. The third-order valence-corrected chi connectivity index (χ3v) is 2.95. The van der Waals surface area contributed by atoms with Crippen LogP contribution in [0.3, 0.4) is 0 Å². The number of hydrogen-bond donors (Lipinski definition) is 1. The summed E-state index contributed by atoms with van der Waals surface area (Å²) in [4.78, 5) is 13.5. The Morgan fingerprint density at radius 3 is 2.82 bits per heavy atom. The maximum absolute atomic E-state index is 11.9. The molecular weight excluding hydrogens is 280 g/mol. The molecule has 1 amide bonds. The highest BCUT2D eigenvalue weighted by Gasteiger charge is 2.20. The van der Waals surface area contributed by atoms with Crippen LogP contribution in [0.5, 0.6) is 0 Å². The minimum absolute atomic E-state index is 0.286. The van der Waals surface area contributed by atoms with Crippen molar-refractivity contribution < 1.29 is 9.53 Å². The molecule has 0 aromatic carbocycles. The van der Waals surface area contributed by atoms with Crippen LogP contribution in [0.2, 0.25) is 0 Å². The number of aromatic nitrogens is 2. The van der Waals surface area contributed by atoms with Gasteiger partial charge in [-0.2, -0.15) is 5.10 Å². The lowest BCUT2D eigenvalue weighted by Gasteiger charge is -2.26. The molecule has 0 spiro atoms. The molecule has 0 radical (unpaired) electrons. The molecule has 0 bridgehead atoms. The summed E-state index contributed by atoms with van der Waals surface area (Å²) in [6.07, 6.45) is 5.11. The minimum Gasteiger partial charge on any atom is -0.444 e. The van der Waals surface area contributed by atoms with Crippen LogP contribution in [-0.2, 0) is 11.3 Å². The van der Waals surface area contributed by atoms with E-state index in [9.17, 15) is 4.79 Å². The van der Waals surface area contributed by atoms with Crippen LogP contribution in [-0.4, -0.2) is 46.5 Å². The zero-order chi connectivity index (χ0) is 16.8. The average Bonchev–Trinajstić information content (AvgIpc) is 2.84. The Bertz CT molecular complexity index is 491. The van der Waals surface area contributed by atoms with Crippen molar-refractivity contribution in [2.75, 3.05) is 20.1 Å². The van der Waals surface area contributed by atoms with Gasteiger partial charge in [-0.15, -0.1) is 0 Å². The van der Waals surface area contributed by atoms with Gasteiger partial charge in [0.15, 0.2) is 0 Å². The number of nitrogens with zero attached hydrogens (tertiary/aromatic N) is 3. The molecule has 22 heavy (non-hydrogen) atoms.